The quantitative estimate of drug-likeness (QED) is 0.500. The van der Waals surface area contributed by atoms with Gasteiger partial charge in [0.05, 0.1) is 5.69 Å². The summed E-state index contributed by atoms with van der Waals surface area (Å²) in [6.45, 7) is 0. The monoisotopic (exact) mass is 381 g/mol. The van der Waals surface area contributed by atoms with E-state index in [1.54, 1.807) is 60.7 Å². The van der Waals surface area contributed by atoms with E-state index < -0.39 is 11.8 Å². The van der Waals surface area contributed by atoms with Gasteiger partial charge in [-0.15, -0.1) is 0 Å². The molecule has 0 aliphatic carbocycles. The zero-order chi connectivity index (χ0) is 20.4. The van der Waals surface area contributed by atoms with Crippen molar-refractivity contribution in [3.63, 3.8) is 0 Å². The van der Waals surface area contributed by atoms with Crippen molar-refractivity contribution in [3.05, 3.63) is 113 Å². The van der Waals surface area contributed by atoms with Crippen LogP contribution in [0.4, 0.5) is 5.69 Å². The Balaban J connectivity index is 1.84. The molecule has 29 heavy (non-hydrogen) atoms. The van der Waals surface area contributed by atoms with Crippen LogP contribution in [-0.2, 0) is 9.59 Å². The molecule has 0 bridgehead atoms. The number of rotatable bonds is 5. The predicted molar refractivity (Wildman–Crippen MR) is 108 cm³/mol. The lowest BCUT2D eigenvalue weighted by atomic mass is 9.96. The van der Waals surface area contributed by atoms with Crippen molar-refractivity contribution in [2.24, 2.45) is 0 Å². The molecule has 4 rings (SSSR count). The second-order valence-corrected chi connectivity index (χ2v) is 6.50. The van der Waals surface area contributed by atoms with E-state index in [0.717, 1.165) is 17.1 Å². The number of imide groups is 1. The van der Waals surface area contributed by atoms with Gasteiger partial charge in [-0.1, -0.05) is 60.7 Å². The topological polar surface area (TPSA) is 71.5 Å². The normalized spacial score (nSPS) is 13.0. The summed E-state index contributed by atoms with van der Waals surface area (Å²) in [7, 11) is 0. The molecule has 0 fully saturated rings. The second kappa shape index (κ2) is 7.48. The number of anilines is 1. The van der Waals surface area contributed by atoms with E-state index >= 15 is 0 Å². The number of nitrogens with zero attached hydrogens (tertiary/aromatic N) is 1. The minimum atomic E-state index is -0.516. The molecule has 0 saturated heterocycles. The minimum absolute atomic E-state index is 0.186. The molecule has 0 spiro atoms. The zero-order valence-electron chi connectivity index (χ0n) is 15.2. The summed E-state index contributed by atoms with van der Waals surface area (Å²) in [4.78, 5) is 51.2. The van der Waals surface area contributed by atoms with Crippen LogP contribution in [0.5, 0.6) is 0 Å². The minimum Gasteiger partial charge on any atom is -0.289 e. The molecule has 0 unspecified atom stereocenters. The third kappa shape index (κ3) is 3.53. The van der Waals surface area contributed by atoms with Crippen molar-refractivity contribution in [1.82, 2.24) is 0 Å². The molecule has 5 heteroatoms. The highest BCUT2D eigenvalue weighted by Gasteiger charge is 2.27. The fourth-order valence-electron chi connectivity index (χ4n) is 3.17. The van der Waals surface area contributed by atoms with Crippen LogP contribution in [0.25, 0.3) is 0 Å². The van der Waals surface area contributed by atoms with E-state index in [0.29, 0.717) is 11.1 Å². The molecule has 5 nitrogen and oxygen atoms in total. The van der Waals surface area contributed by atoms with Gasteiger partial charge in [0.1, 0.15) is 0 Å². The van der Waals surface area contributed by atoms with Gasteiger partial charge in [0.25, 0.3) is 11.8 Å². The molecule has 1 aliphatic rings. The van der Waals surface area contributed by atoms with Crippen LogP contribution in [0.1, 0.15) is 31.8 Å². The van der Waals surface area contributed by atoms with Crippen molar-refractivity contribution < 1.29 is 19.2 Å². The van der Waals surface area contributed by atoms with Gasteiger partial charge in [-0.25, -0.2) is 4.90 Å². The van der Waals surface area contributed by atoms with E-state index in [9.17, 15) is 19.2 Å². The molecule has 1 heterocycles. The average molecular weight is 381 g/mol. The van der Waals surface area contributed by atoms with Crippen LogP contribution in [0, 0.1) is 0 Å². The number of carbonyl (C=O) groups is 4. The van der Waals surface area contributed by atoms with E-state index in [2.05, 4.69) is 0 Å². The molecule has 3 aromatic carbocycles. The van der Waals surface area contributed by atoms with Crippen LogP contribution >= 0.6 is 0 Å². The molecule has 0 aromatic heterocycles. The predicted octanol–water partition coefficient (Wildman–Crippen LogP) is 3.58. The van der Waals surface area contributed by atoms with Gasteiger partial charge in [0.2, 0.25) is 0 Å². The van der Waals surface area contributed by atoms with Gasteiger partial charge < -0.3 is 0 Å². The van der Waals surface area contributed by atoms with Crippen LogP contribution in [-0.4, -0.2) is 23.4 Å². The Labute approximate surface area is 166 Å². The van der Waals surface area contributed by atoms with E-state index in [1.807, 2.05) is 0 Å². The molecular weight excluding hydrogens is 366 g/mol. The highest BCUT2D eigenvalue weighted by atomic mass is 16.2. The number of hydrogen-bond donors (Lipinski definition) is 0. The van der Waals surface area contributed by atoms with Crippen molar-refractivity contribution in [3.8, 4) is 0 Å². The average Bonchev–Trinajstić information content (AvgIpc) is 3.11. The smallest absolute Gasteiger partial charge is 0.258 e. The summed E-state index contributed by atoms with van der Waals surface area (Å²) >= 11 is 0. The number of benzene rings is 3. The summed E-state index contributed by atoms with van der Waals surface area (Å²) in [5, 5.41) is 0. The van der Waals surface area contributed by atoms with Gasteiger partial charge in [0, 0.05) is 34.4 Å². The van der Waals surface area contributed by atoms with Crippen molar-refractivity contribution in [2.75, 3.05) is 4.90 Å². The van der Waals surface area contributed by atoms with E-state index in [-0.39, 0.29) is 28.4 Å². The molecule has 3 aromatic rings. The Kier molecular flexibility index (Phi) is 4.71. The number of hydrogen-bond acceptors (Lipinski definition) is 4. The van der Waals surface area contributed by atoms with Crippen LogP contribution < -0.4 is 4.90 Å². The number of carbonyl (C=O) groups excluding carboxylic acids is 4. The summed E-state index contributed by atoms with van der Waals surface area (Å²) in [6.07, 6.45) is 2.32. The summed E-state index contributed by atoms with van der Waals surface area (Å²) < 4.78 is 0. The molecule has 1 aliphatic heterocycles. The first-order valence-electron chi connectivity index (χ1n) is 8.95. The highest BCUT2D eigenvalue weighted by Crippen LogP contribution is 2.26. The Hall–Kier alpha value is -4.12. The second-order valence-electron chi connectivity index (χ2n) is 6.50. The molecule has 0 N–H and O–H groups in total. The highest BCUT2D eigenvalue weighted by molar-refractivity contribution is 6.28. The maximum absolute atomic E-state index is 13.0. The first-order chi connectivity index (χ1) is 14.0. The van der Waals surface area contributed by atoms with Gasteiger partial charge in [0.15, 0.2) is 11.6 Å². The number of ketones is 2. The third-order valence-electron chi connectivity index (χ3n) is 4.58. The van der Waals surface area contributed by atoms with E-state index in [1.165, 1.54) is 18.2 Å². The molecule has 0 saturated carbocycles. The lowest BCUT2D eigenvalue weighted by molar-refractivity contribution is -0.119. The molecule has 0 radical (unpaired) electrons. The molecular formula is C24H15NO4. The van der Waals surface area contributed by atoms with E-state index in [4.69, 9.17) is 0 Å². The van der Waals surface area contributed by atoms with Gasteiger partial charge in [-0.05, 0) is 18.2 Å². The standard InChI is InChI=1S/C24H15NO4/c26-21-11-12-22(27)25(21)20-14-18(23(28)16-7-3-1-4-8-16)13-19(15-20)24(29)17-9-5-2-6-10-17/h1-15H. The molecule has 0 atom stereocenters. The summed E-state index contributed by atoms with van der Waals surface area (Å²) in [5.41, 5.74) is 1.52. The van der Waals surface area contributed by atoms with Crippen molar-refractivity contribution in [2.45, 2.75) is 0 Å². The molecule has 140 valence electrons. The summed E-state index contributed by atoms with van der Waals surface area (Å²) in [5.74, 6) is -1.64. The maximum Gasteiger partial charge on any atom is 0.258 e. The largest absolute Gasteiger partial charge is 0.289 e. The molecule has 2 amide bonds. The zero-order valence-corrected chi connectivity index (χ0v) is 15.2. The Morgan fingerprint density at radius 3 is 1.38 bits per heavy atom. The first kappa shape index (κ1) is 18.3. The van der Waals surface area contributed by atoms with Crippen LogP contribution in [0.3, 0.4) is 0 Å². The van der Waals surface area contributed by atoms with Gasteiger partial charge in [-0.3, -0.25) is 19.2 Å². The third-order valence-corrected chi connectivity index (χ3v) is 4.58. The van der Waals surface area contributed by atoms with Crippen molar-refractivity contribution >= 4 is 29.1 Å². The Morgan fingerprint density at radius 1 is 0.552 bits per heavy atom. The first-order valence-corrected chi connectivity index (χ1v) is 8.95. The van der Waals surface area contributed by atoms with Gasteiger partial charge in [-0.2, -0.15) is 0 Å². The lowest BCUT2D eigenvalue weighted by Crippen LogP contribution is -2.30. The maximum atomic E-state index is 13.0. The Morgan fingerprint density at radius 2 is 0.966 bits per heavy atom. The Bertz CT molecular complexity index is 1080. The number of amides is 2. The van der Waals surface area contributed by atoms with Gasteiger partial charge >= 0.3 is 0 Å². The SMILES string of the molecule is O=C(c1ccccc1)c1cc(C(=O)c2ccccc2)cc(N2C(=O)C=CC2=O)c1. The van der Waals surface area contributed by atoms with Crippen molar-refractivity contribution in [1.29, 1.82) is 0 Å². The fourth-order valence-corrected chi connectivity index (χ4v) is 3.17. The van der Waals surface area contributed by atoms with Crippen LogP contribution in [0.15, 0.2) is 91.0 Å². The van der Waals surface area contributed by atoms with Crippen LogP contribution in [0.2, 0.25) is 0 Å². The fraction of sp³-hybridized carbons (Fsp3) is 0. The lowest BCUT2D eigenvalue weighted by Gasteiger charge is -2.16. The summed E-state index contributed by atoms with van der Waals surface area (Å²) in [6, 6.07) is 21.6.